The fourth-order valence-electron chi connectivity index (χ4n) is 1.92. The van der Waals surface area contributed by atoms with Crippen molar-refractivity contribution in [3.63, 3.8) is 0 Å². The van der Waals surface area contributed by atoms with Crippen molar-refractivity contribution in [3.8, 4) is 10.6 Å². The lowest BCUT2D eigenvalue weighted by Gasteiger charge is -2.01. The molecule has 2 heterocycles. The lowest BCUT2D eigenvalue weighted by molar-refractivity contribution is -0.136. The molecule has 0 aliphatic rings. The Morgan fingerprint density at radius 1 is 1.27 bits per heavy atom. The summed E-state index contributed by atoms with van der Waals surface area (Å²) in [5.74, 6) is -0.862. The smallest absolute Gasteiger partial charge is 0.308 e. The van der Waals surface area contributed by atoms with E-state index in [1.54, 1.807) is 23.5 Å². The molecule has 0 aliphatic heterocycles. The molecule has 0 fully saturated rings. The van der Waals surface area contributed by atoms with Crippen LogP contribution in [0.3, 0.4) is 0 Å². The van der Waals surface area contributed by atoms with E-state index in [0.717, 1.165) is 21.1 Å². The molecule has 22 heavy (non-hydrogen) atoms. The molecular weight excluding hydrogens is 340 g/mol. The van der Waals surface area contributed by atoms with Crippen LogP contribution in [0, 0.1) is 0 Å². The van der Waals surface area contributed by atoms with Gasteiger partial charge in [-0.15, -0.1) is 22.7 Å². The number of nitrogens with one attached hydrogen (secondary N) is 1. The van der Waals surface area contributed by atoms with Crippen molar-refractivity contribution in [2.45, 2.75) is 6.42 Å². The van der Waals surface area contributed by atoms with E-state index in [-0.39, 0.29) is 6.42 Å². The van der Waals surface area contributed by atoms with Crippen LogP contribution in [-0.2, 0) is 11.2 Å². The number of hydrogen-bond donors (Lipinski definition) is 2. The molecule has 0 unspecified atom stereocenters. The van der Waals surface area contributed by atoms with E-state index in [4.69, 9.17) is 16.7 Å². The first-order chi connectivity index (χ1) is 10.6. The summed E-state index contributed by atoms with van der Waals surface area (Å²) in [5, 5.41) is 15.5. The van der Waals surface area contributed by atoms with E-state index in [0.29, 0.717) is 10.2 Å². The second-order valence-electron chi connectivity index (χ2n) is 4.47. The van der Waals surface area contributed by atoms with Gasteiger partial charge >= 0.3 is 5.97 Å². The average molecular weight is 351 g/mol. The molecule has 0 saturated heterocycles. The minimum Gasteiger partial charge on any atom is -0.481 e. The van der Waals surface area contributed by atoms with Gasteiger partial charge in [-0.05, 0) is 35.7 Å². The Hall–Kier alpha value is -1.89. The van der Waals surface area contributed by atoms with Gasteiger partial charge in [-0.1, -0.05) is 17.7 Å². The number of anilines is 2. The lowest BCUT2D eigenvalue weighted by Crippen LogP contribution is -1.98. The molecule has 2 aromatic heterocycles. The summed E-state index contributed by atoms with van der Waals surface area (Å²) in [6.45, 7) is 0. The maximum absolute atomic E-state index is 11.0. The molecule has 2 N–H and O–H groups in total. The highest BCUT2D eigenvalue weighted by atomic mass is 35.5. The number of halogens is 1. The Balaban J connectivity index is 1.92. The fourth-order valence-corrected chi connectivity index (χ4v) is 3.84. The summed E-state index contributed by atoms with van der Waals surface area (Å²) in [7, 11) is 0. The van der Waals surface area contributed by atoms with Crippen molar-refractivity contribution in [1.82, 2.24) is 4.98 Å². The minimum absolute atomic E-state index is 0.0345. The Bertz CT molecular complexity index is 782. The normalized spacial score (nSPS) is 10.6. The molecule has 7 heteroatoms. The van der Waals surface area contributed by atoms with E-state index in [1.165, 1.54) is 11.3 Å². The number of hydrogen-bond acceptors (Lipinski definition) is 5. The third-order valence-corrected chi connectivity index (χ3v) is 4.96. The summed E-state index contributed by atoms with van der Waals surface area (Å²) >= 11 is 8.76. The zero-order chi connectivity index (χ0) is 15.5. The number of nitrogens with zero attached hydrogens (tertiary/aromatic N) is 1. The molecule has 0 bridgehead atoms. The van der Waals surface area contributed by atoms with Crippen LogP contribution >= 0.6 is 34.3 Å². The first-order valence-corrected chi connectivity index (χ1v) is 8.47. The van der Waals surface area contributed by atoms with Crippen LogP contribution in [0.1, 0.15) is 4.88 Å². The molecule has 3 aromatic rings. The number of thiazole rings is 1. The Labute approximate surface area is 140 Å². The first kappa shape index (κ1) is 15.0. The molecule has 4 nitrogen and oxygen atoms in total. The third-order valence-electron chi connectivity index (χ3n) is 2.86. The molecule has 0 atom stereocenters. The number of carboxylic acid groups (broad SMARTS) is 1. The Morgan fingerprint density at radius 2 is 2.05 bits per heavy atom. The Morgan fingerprint density at radius 3 is 2.68 bits per heavy atom. The van der Waals surface area contributed by atoms with Gasteiger partial charge in [0.15, 0.2) is 5.13 Å². The van der Waals surface area contributed by atoms with Crippen LogP contribution in [0.25, 0.3) is 10.6 Å². The van der Waals surface area contributed by atoms with E-state index < -0.39 is 5.97 Å². The first-order valence-electron chi connectivity index (χ1n) is 6.40. The highest BCUT2D eigenvalue weighted by Crippen LogP contribution is 2.35. The summed E-state index contributed by atoms with van der Waals surface area (Å²) in [6.07, 6.45) is -0.0345. The highest BCUT2D eigenvalue weighted by Gasteiger charge is 2.16. The van der Waals surface area contributed by atoms with Gasteiger partial charge in [0.1, 0.15) is 0 Å². The molecule has 112 valence electrons. The summed E-state index contributed by atoms with van der Waals surface area (Å²) in [5.41, 5.74) is 1.59. The van der Waals surface area contributed by atoms with Gasteiger partial charge in [0.2, 0.25) is 0 Å². The lowest BCUT2D eigenvalue weighted by atomic mass is 10.2. The van der Waals surface area contributed by atoms with Crippen molar-refractivity contribution < 1.29 is 9.90 Å². The monoisotopic (exact) mass is 350 g/mol. The van der Waals surface area contributed by atoms with Crippen molar-refractivity contribution in [1.29, 1.82) is 0 Å². The van der Waals surface area contributed by atoms with Gasteiger partial charge < -0.3 is 10.4 Å². The topological polar surface area (TPSA) is 62.2 Å². The molecular formula is C15H11ClN2O2S2. The quantitative estimate of drug-likeness (QED) is 0.687. The maximum Gasteiger partial charge on any atom is 0.308 e. The van der Waals surface area contributed by atoms with Crippen LogP contribution in [0.5, 0.6) is 0 Å². The van der Waals surface area contributed by atoms with Crippen molar-refractivity contribution in [2.75, 3.05) is 5.32 Å². The molecule has 0 aliphatic carbocycles. The summed E-state index contributed by atoms with van der Waals surface area (Å²) in [4.78, 5) is 17.3. The van der Waals surface area contributed by atoms with Crippen LogP contribution in [0.15, 0.2) is 41.8 Å². The standard InChI is InChI=1S/C15H11ClN2O2S2/c16-9-3-5-10(6-4-9)17-15-18-14(11-2-1-7-21-11)12(22-15)8-13(19)20/h1-7H,8H2,(H,17,18)(H,19,20). The van der Waals surface area contributed by atoms with Crippen LogP contribution in [0.4, 0.5) is 10.8 Å². The van der Waals surface area contributed by atoms with E-state index >= 15 is 0 Å². The number of thiophene rings is 1. The summed E-state index contributed by atoms with van der Waals surface area (Å²) < 4.78 is 0. The third kappa shape index (κ3) is 3.47. The van der Waals surface area contributed by atoms with Gasteiger partial charge in [-0.3, -0.25) is 4.79 Å². The molecule has 3 rings (SSSR count). The molecule has 0 radical (unpaired) electrons. The van der Waals surface area contributed by atoms with Crippen LogP contribution in [0.2, 0.25) is 5.02 Å². The van der Waals surface area contributed by atoms with Crippen LogP contribution in [-0.4, -0.2) is 16.1 Å². The number of carboxylic acids is 1. The number of aromatic nitrogens is 1. The minimum atomic E-state index is -0.862. The van der Waals surface area contributed by atoms with Gasteiger partial charge in [-0.25, -0.2) is 4.98 Å². The van der Waals surface area contributed by atoms with Crippen LogP contribution < -0.4 is 5.32 Å². The predicted molar refractivity (Wildman–Crippen MR) is 91.5 cm³/mol. The van der Waals surface area contributed by atoms with Crippen molar-refractivity contribution in [2.24, 2.45) is 0 Å². The van der Waals surface area contributed by atoms with E-state index in [2.05, 4.69) is 10.3 Å². The Kier molecular flexibility index (Phi) is 4.42. The largest absolute Gasteiger partial charge is 0.481 e. The average Bonchev–Trinajstić information content (AvgIpc) is 3.10. The number of aliphatic carboxylic acids is 1. The molecule has 1 aromatic carbocycles. The zero-order valence-electron chi connectivity index (χ0n) is 11.2. The van der Waals surface area contributed by atoms with Crippen molar-refractivity contribution >= 4 is 51.1 Å². The maximum atomic E-state index is 11.0. The predicted octanol–water partition coefficient (Wildman–Crippen LogP) is 4.90. The highest BCUT2D eigenvalue weighted by molar-refractivity contribution is 7.17. The van der Waals surface area contributed by atoms with Crippen molar-refractivity contribution in [3.05, 3.63) is 51.7 Å². The molecule has 0 amide bonds. The summed E-state index contributed by atoms with van der Waals surface area (Å²) in [6, 6.07) is 11.1. The second-order valence-corrected chi connectivity index (χ2v) is 6.94. The van der Waals surface area contributed by atoms with Gasteiger partial charge in [0, 0.05) is 15.6 Å². The fraction of sp³-hybridized carbons (Fsp3) is 0.0667. The van der Waals surface area contributed by atoms with Gasteiger partial charge in [0.05, 0.1) is 17.0 Å². The van der Waals surface area contributed by atoms with E-state index in [9.17, 15) is 4.79 Å². The van der Waals surface area contributed by atoms with Gasteiger partial charge in [0.25, 0.3) is 0 Å². The van der Waals surface area contributed by atoms with E-state index in [1.807, 2.05) is 29.6 Å². The number of rotatable bonds is 5. The zero-order valence-corrected chi connectivity index (χ0v) is 13.6. The second kappa shape index (κ2) is 6.48. The molecule has 0 spiro atoms. The molecule has 0 saturated carbocycles. The number of benzene rings is 1. The van der Waals surface area contributed by atoms with Gasteiger partial charge in [-0.2, -0.15) is 0 Å². The number of carbonyl (C=O) groups is 1. The SMILES string of the molecule is O=C(O)Cc1sc(Nc2ccc(Cl)cc2)nc1-c1cccs1.